The summed E-state index contributed by atoms with van der Waals surface area (Å²) in [6.07, 6.45) is 1.74. The molecular weight excluding hydrogens is 257 g/mol. The van der Waals surface area contributed by atoms with E-state index in [2.05, 4.69) is 10.5 Å². The molecule has 5 heteroatoms. The quantitative estimate of drug-likeness (QED) is 0.236. The Balaban J connectivity index is 2.36. The second-order valence-corrected chi connectivity index (χ2v) is 5.70. The van der Waals surface area contributed by atoms with Crippen LogP contribution in [0.2, 0.25) is 0 Å². The first kappa shape index (κ1) is 16.4. The van der Waals surface area contributed by atoms with Gasteiger partial charge in [-0.1, -0.05) is 31.1 Å². The molecule has 0 aliphatic heterocycles. The summed E-state index contributed by atoms with van der Waals surface area (Å²) in [4.78, 5) is 0. The largest absolute Gasteiger partial charge is 0.409 e. The van der Waals surface area contributed by atoms with Crippen molar-refractivity contribution in [1.29, 1.82) is 0 Å². The van der Waals surface area contributed by atoms with Gasteiger partial charge in [-0.2, -0.15) is 0 Å². The molecule has 0 bridgehead atoms. The lowest BCUT2D eigenvalue weighted by Crippen LogP contribution is -2.32. The van der Waals surface area contributed by atoms with E-state index in [-0.39, 0.29) is 23.1 Å². The number of rotatable bonds is 7. The molecule has 4 N–H and O–H groups in total. The Hall–Kier alpha value is -1.62. The van der Waals surface area contributed by atoms with E-state index in [1.807, 2.05) is 20.8 Å². The van der Waals surface area contributed by atoms with E-state index in [1.165, 1.54) is 12.1 Å². The molecule has 1 rings (SSSR count). The first-order valence-corrected chi connectivity index (χ1v) is 6.83. The van der Waals surface area contributed by atoms with Crippen molar-refractivity contribution in [3.63, 3.8) is 0 Å². The van der Waals surface area contributed by atoms with Crippen LogP contribution in [0.25, 0.3) is 0 Å². The number of halogens is 1. The van der Waals surface area contributed by atoms with Gasteiger partial charge in [-0.05, 0) is 44.0 Å². The normalized spacial score (nSPS) is 14.3. The number of amidine groups is 1. The Kier molecular flexibility index (Phi) is 5.95. The van der Waals surface area contributed by atoms with E-state index in [9.17, 15) is 4.39 Å². The topological polar surface area (TPSA) is 70.6 Å². The molecule has 0 spiro atoms. The number of benzene rings is 1. The summed E-state index contributed by atoms with van der Waals surface area (Å²) in [7, 11) is 0. The van der Waals surface area contributed by atoms with E-state index in [0.717, 1.165) is 24.9 Å². The molecule has 20 heavy (non-hydrogen) atoms. The maximum atomic E-state index is 12.8. The van der Waals surface area contributed by atoms with Crippen molar-refractivity contribution in [3.05, 3.63) is 35.6 Å². The molecule has 0 saturated carbocycles. The van der Waals surface area contributed by atoms with Gasteiger partial charge in [0, 0.05) is 11.5 Å². The molecule has 0 aliphatic carbocycles. The summed E-state index contributed by atoms with van der Waals surface area (Å²) < 4.78 is 12.8. The molecule has 1 aromatic carbocycles. The predicted octanol–water partition coefficient (Wildman–Crippen LogP) is 3.03. The van der Waals surface area contributed by atoms with Crippen LogP contribution in [0.15, 0.2) is 29.4 Å². The molecule has 1 unspecified atom stereocenters. The second kappa shape index (κ2) is 7.24. The molecule has 0 heterocycles. The average Bonchev–Trinajstić information content (AvgIpc) is 2.43. The lowest BCUT2D eigenvalue weighted by molar-refractivity contribution is 0.304. The molecule has 0 fully saturated rings. The third-order valence-electron chi connectivity index (χ3n) is 3.60. The van der Waals surface area contributed by atoms with Crippen LogP contribution >= 0.6 is 0 Å². The standard InChI is InChI=1S/C15H24FN3O/c1-11(12-5-7-13(16)8-6-12)18-10-4-9-15(2,3)14(17)19-20/h5-8,11,18,20H,4,9-10H2,1-3H3,(H2,17,19). The van der Waals surface area contributed by atoms with Crippen LogP contribution in [0.5, 0.6) is 0 Å². The number of nitrogens with one attached hydrogen (secondary N) is 1. The molecule has 0 aliphatic rings. The van der Waals surface area contributed by atoms with Gasteiger partial charge in [0.2, 0.25) is 0 Å². The van der Waals surface area contributed by atoms with Gasteiger partial charge in [0.1, 0.15) is 11.7 Å². The highest BCUT2D eigenvalue weighted by molar-refractivity contribution is 5.85. The van der Waals surface area contributed by atoms with Gasteiger partial charge < -0.3 is 16.3 Å². The first-order chi connectivity index (χ1) is 9.36. The molecule has 112 valence electrons. The number of hydrogen-bond acceptors (Lipinski definition) is 3. The Morgan fingerprint density at radius 1 is 1.40 bits per heavy atom. The third-order valence-corrected chi connectivity index (χ3v) is 3.60. The molecule has 0 saturated heterocycles. The van der Waals surface area contributed by atoms with Crippen molar-refractivity contribution in [2.24, 2.45) is 16.3 Å². The molecule has 0 radical (unpaired) electrons. The van der Waals surface area contributed by atoms with Gasteiger partial charge in [0.15, 0.2) is 0 Å². The van der Waals surface area contributed by atoms with Crippen LogP contribution in [-0.4, -0.2) is 17.6 Å². The van der Waals surface area contributed by atoms with E-state index >= 15 is 0 Å². The zero-order valence-electron chi connectivity index (χ0n) is 12.4. The summed E-state index contributed by atoms with van der Waals surface area (Å²) in [6.45, 7) is 6.76. The van der Waals surface area contributed by atoms with Crippen LogP contribution < -0.4 is 11.1 Å². The lowest BCUT2D eigenvalue weighted by atomic mass is 9.86. The predicted molar refractivity (Wildman–Crippen MR) is 79.2 cm³/mol. The summed E-state index contributed by atoms with van der Waals surface area (Å²) in [6, 6.07) is 6.67. The summed E-state index contributed by atoms with van der Waals surface area (Å²) in [5.41, 5.74) is 6.39. The molecule has 1 aromatic rings. The second-order valence-electron chi connectivity index (χ2n) is 5.70. The van der Waals surface area contributed by atoms with E-state index in [1.54, 1.807) is 12.1 Å². The van der Waals surface area contributed by atoms with Crippen molar-refractivity contribution < 1.29 is 9.60 Å². The van der Waals surface area contributed by atoms with Crippen molar-refractivity contribution in [1.82, 2.24) is 5.32 Å². The third kappa shape index (κ3) is 4.81. The molecular formula is C15H24FN3O. The van der Waals surface area contributed by atoms with Crippen molar-refractivity contribution in [2.45, 2.75) is 39.7 Å². The van der Waals surface area contributed by atoms with Crippen LogP contribution in [0, 0.1) is 11.2 Å². The zero-order chi connectivity index (χ0) is 15.2. The molecule has 0 amide bonds. The van der Waals surface area contributed by atoms with E-state index in [0.29, 0.717) is 0 Å². The number of nitrogens with two attached hydrogens (primary N) is 1. The van der Waals surface area contributed by atoms with Gasteiger partial charge in [0.25, 0.3) is 0 Å². The summed E-state index contributed by atoms with van der Waals surface area (Å²) in [5.74, 6) is 0.0329. The minimum Gasteiger partial charge on any atom is -0.409 e. The van der Waals surface area contributed by atoms with Crippen molar-refractivity contribution in [2.75, 3.05) is 6.54 Å². The van der Waals surface area contributed by atoms with Gasteiger partial charge in [0.05, 0.1) is 0 Å². The lowest BCUT2D eigenvalue weighted by Gasteiger charge is -2.23. The Morgan fingerprint density at radius 3 is 2.55 bits per heavy atom. The summed E-state index contributed by atoms with van der Waals surface area (Å²) in [5, 5.41) is 15.2. The van der Waals surface area contributed by atoms with Crippen LogP contribution in [0.4, 0.5) is 4.39 Å². The Bertz CT molecular complexity index is 443. The average molecular weight is 281 g/mol. The van der Waals surface area contributed by atoms with Crippen molar-refractivity contribution in [3.8, 4) is 0 Å². The summed E-state index contributed by atoms with van der Waals surface area (Å²) >= 11 is 0. The SMILES string of the molecule is CC(NCCCC(C)(C)C(N)=NO)c1ccc(F)cc1. The molecule has 1 atom stereocenters. The highest BCUT2D eigenvalue weighted by Crippen LogP contribution is 2.22. The minimum atomic E-state index is -0.310. The Morgan fingerprint density at radius 2 is 2.00 bits per heavy atom. The van der Waals surface area contributed by atoms with E-state index in [4.69, 9.17) is 10.9 Å². The maximum Gasteiger partial charge on any atom is 0.144 e. The number of nitrogens with zero attached hydrogens (tertiary/aromatic N) is 1. The monoisotopic (exact) mass is 281 g/mol. The molecule has 4 nitrogen and oxygen atoms in total. The fraction of sp³-hybridized carbons (Fsp3) is 0.533. The van der Waals surface area contributed by atoms with Crippen LogP contribution in [-0.2, 0) is 0 Å². The van der Waals surface area contributed by atoms with Gasteiger partial charge in [-0.15, -0.1) is 0 Å². The highest BCUT2D eigenvalue weighted by atomic mass is 19.1. The van der Waals surface area contributed by atoms with Crippen LogP contribution in [0.3, 0.4) is 0 Å². The first-order valence-electron chi connectivity index (χ1n) is 6.83. The zero-order valence-corrected chi connectivity index (χ0v) is 12.4. The van der Waals surface area contributed by atoms with Gasteiger partial charge in [-0.3, -0.25) is 0 Å². The number of oxime groups is 1. The fourth-order valence-electron chi connectivity index (χ4n) is 1.98. The van der Waals surface area contributed by atoms with Gasteiger partial charge >= 0.3 is 0 Å². The molecule has 0 aromatic heterocycles. The van der Waals surface area contributed by atoms with Crippen LogP contribution in [0.1, 0.15) is 45.2 Å². The minimum absolute atomic E-state index is 0.169. The highest BCUT2D eigenvalue weighted by Gasteiger charge is 2.22. The van der Waals surface area contributed by atoms with Gasteiger partial charge in [-0.25, -0.2) is 4.39 Å². The Labute approximate surface area is 119 Å². The number of hydrogen-bond donors (Lipinski definition) is 3. The van der Waals surface area contributed by atoms with Crippen molar-refractivity contribution >= 4 is 5.84 Å². The smallest absolute Gasteiger partial charge is 0.144 e. The van der Waals surface area contributed by atoms with E-state index < -0.39 is 0 Å². The maximum absolute atomic E-state index is 12.8. The fourth-order valence-corrected chi connectivity index (χ4v) is 1.98.